The van der Waals surface area contributed by atoms with Crippen LogP contribution in [-0.4, -0.2) is 24.4 Å². The van der Waals surface area contributed by atoms with E-state index in [9.17, 15) is 4.79 Å². The van der Waals surface area contributed by atoms with Gasteiger partial charge in [-0.05, 0) is 31.0 Å². The lowest BCUT2D eigenvalue weighted by atomic mass is 9.99. The molecule has 0 radical (unpaired) electrons. The Kier molecular flexibility index (Phi) is 5.01. The van der Waals surface area contributed by atoms with E-state index in [1.807, 2.05) is 38.2 Å². The Morgan fingerprint density at radius 2 is 2.18 bits per heavy atom. The molecule has 1 aromatic carbocycles. The van der Waals surface area contributed by atoms with Gasteiger partial charge in [0, 0.05) is 19.3 Å². The second kappa shape index (κ2) is 6.28. The standard InChI is InChI=1S/C14H22N2O/c1-4-5-9-16(3)14(17)11(2)12-7-6-8-13(15)10-12/h6-8,10-11H,4-5,9,15H2,1-3H3. The number of hydrogen-bond acceptors (Lipinski definition) is 2. The first-order chi connectivity index (χ1) is 8.06. The Morgan fingerprint density at radius 1 is 1.47 bits per heavy atom. The molecule has 3 heteroatoms. The molecule has 0 bridgehead atoms. The lowest BCUT2D eigenvalue weighted by molar-refractivity contribution is -0.131. The van der Waals surface area contributed by atoms with Crippen molar-refractivity contribution in [1.29, 1.82) is 0 Å². The number of anilines is 1. The molecular formula is C14H22N2O. The van der Waals surface area contributed by atoms with Gasteiger partial charge in [-0.25, -0.2) is 0 Å². The van der Waals surface area contributed by atoms with E-state index in [4.69, 9.17) is 5.73 Å². The monoisotopic (exact) mass is 234 g/mol. The number of benzene rings is 1. The maximum absolute atomic E-state index is 12.1. The molecule has 0 aliphatic rings. The van der Waals surface area contributed by atoms with Gasteiger partial charge in [0.25, 0.3) is 0 Å². The molecule has 1 rings (SSSR count). The van der Waals surface area contributed by atoms with Crippen LogP contribution < -0.4 is 5.73 Å². The zero-order valence-electron chi connectivity index (χ0n) is 10.9. The van der Waals surface area contributed by atoms with Crippen molar-refractivity contribution >= 4 is 11.6 Å². The third kappa shape index (κ3) is 3.77. The Balaban J connectivity index is 2.69. The Bertz CT molecular complexity index is 376. The number of hydrogen-bond donors (Lipinski definition) is 1. The van der Waals surface area contributed by atoms with Crippen molar-refractivity contribution in [3.63, 3.8) is 0 Å². The average molecular weight is 234 g/mol. The first-order valence-corrected chi connectivity index (χ1v) is 6.16. The topological polar surface area (TPSA) is 46.3 Å². The Labute approximate surface area is 104 Å². The van der Waals surface area contributed by atoms with Gasteiger partial charge in [-0.3, -0.25) is 4.79 Å². The molecule has 2 N–H and O–H groups in total. The van der Waals surface area contributed by atoms with Crippen molar-refractivity contribution in [2.75, 3.05) is 19.3 Å². The molecule has 1 atom stereocenters. The molecule has 0 spiro atoms. The molecule has 0 heterocycles. The van der Waals surface area contributed by atoms with E-state index in [2.05, 4.69) is 6.92 Å². The van der Waals surface area contributed by atoms with E-state index >= 15 is 0 Å². The minimum Gasteiger partial charge on any atom is -0.399 e. The van der Waals surface area contributed by atoms with Crippen molar-refractivity contribution in [3.05, 3.63) is 29.8 Å². The lowest BCUT2D eigenvalue weighted by Gasteiger charge is -2.21. The van der Waals surface area contributed by atoms with Gasteiger partial charge in [0.1, 0.15) is 0 Å². The van der Waals surface area contributed by atoms with Gasteiger partial charge >= 0.3 is 0 Å². The summed E-state index contributed by atoms with van der Waals surface area (Å²) >= 11 is 0. The first-order valence-electron chi connectivity index (χ1n) is 6.16. The van der Waals surface area contributed by atoms with Crippen molar-refractivity contribution in [2.45, 2.75) is 32.6 Å². The maximum Gasteiger partial charge on any atom is 0.229 e. The molecule has 1 unspecified atom stereocenters. The quantitative estimate of drug-likeness (QED) is 0.796. The fraction of sp³-hybridized carbons (Fsp3) is 0.500. The van der Waals surface area contributed by atoms with Gasteiger partial charge < -0.3 is 10.6 Å². The molecule has 0 fully saturated rings. The third-order valence-corrected chi connectivity index (χ3v) is 3.00. The summed E-state index contributed by atoms with van der Waals surface area (Å²) in [6.45, 7) is 4.88. The van der Waals surface area contributed by atoms with Crippen LogP contribution in [0.1, 0.15) is 38.2 Å². The number of carbonyl (C=O) groups is 1. The first kappa shape index (κ1) is 13.6. The number of unbranched alkanes of at least 4 members (excludes halogenated alkanes) is 1. The number of nitrogens with zero attached hydrogens (tertiary/aromatic N) is 1. The summed E-state index contributed by atoms with van der Waals surface area (Å²) in [7, 11) is 1.86. The van der Waals surface area contributed by atoms with Crippen LogP contribution in [0.25, 0.3) is 0 Å². The predicted molar refractivity (Wildman–Crippen MR) is 71.8 cm³/mol. The lowest BCUT2D eigenvalue weighted by Crippen LogP contribution is -2.31. The van der Waals surface area contributed by atoms with Crippen LogP contribution in [0, 0.1) is 0 Å². The largest absolute Gasteiger partial charge is 0.399 e. The molecule has 1 amide bonds. The number of likely N-dealkylation sites (N-methyl/N-ethyl adjacent to an activating group) is 1. The number of nitrogens with two attached hydrogens (primary N) is 1. The molecule has 0 aliphatic carbocycles. The maximum atomic E-state index is 12.1. The van der Waals surface area contributed by atoms with Crippen molar-refractivity contribution in [2.24, 2.45) is 0 Å². The third-order valence-electron chi connectivity index (χ3n) is 3.00. The van der Waals surface area contributed by atoms with Crippen LogP contribution in [0.15, 0.2) is 24.3 Å². The molecule has 17 heavy (non-hydrogen) atoms. The summed E-state index contributed by atoms with van der Waals surface area (Å²) in [5, 5.41) is 0. The van der Waals surface area contributed by atoms with Crippen LogP contribution in [0.3, 0.4) is 0 Å². The highest BCUT2D eigenvalue weighted by molar-refractivity contribution is 5.83. The van der Waals surface area contributed by atoms with Crippen LogP contribution >= 0.6 is 0 Å². The van der Waals surface area contributed by atoms with Gasteiger partial charge in [0.05, 0.1) is 5.92 Å². The SMILES string of the molecule is CCCCN(C)C(=O)C(C)c1cccc(N)c1. The van der Waals surface area contributed by atoms with Gasteiger partial charge in [0.2, 0.25) is 5.91 Å². The van der Waals surface area contributed by atoms with E-state index in [0.717, 1.165) is 24.9 Å². The van der Waals surface area contributed by atoms with Crippen molar-refractivity contribution in [3.8, 4) is 0 Å². The summed E-state index contributed by atoms with van der Waals surface area (Å²) in [6.07, 6.45) is 2.15. The number of amides is 1. The zero-order valence-corrected chi connectivity index (χ0v) is 10.9. The fourth-order valence-electron chi connectivity index (χ4n) is 1.81. The molecule has 1 aromatic rings. The molecule has 0 saturated carbocycles. The minimum atomic E-state index is -0.125. The Morgan fingerprint density at radius 3 is 2.76 bits per heavy atom. The van der Waals surface area contributed by atoms with E-state index in [-0.39, 0.29) is 11.8 Å². The summed E-state index contributed by atoms with van der Waals surface area (Å²) < 4.78 is 0. The summed E-state index contributed by atoms with van der Waals surface area (Å²) in [5.41, 5.74) is 7.42. The van der Waals surface area contributed by atoms with Crippen LogP contribution in [-0.2, 0) is 4.79 Å². The van der Waals surface area contributed by atoms with Crippen molar-refractivity contribution in [1.82, 2.24) is 4.90 Å². The smallest absolute Gasteiger partial charge is 0.229 e. The van der Waals surface area contributed by atoms with Gasteiger partial charge in [0.15, 0.2) is 0 Å². The molecule has 0 saturated heterocycles. The van der Waals surface area contributed by atoms with Gasteiger partial charge in [-0.1, -0.05) is 25.5 Å². The van der Waals surface area contributed by atoms with E-state index in [1.54, 1.807) is 4.90 Å². The number of nitrogen functional groups attached to an aromatic ring is 1. The molecule has 3 nitrogen and oxygen atoms in total. The average Bonchev–Trinajstić information content (AvgIpc) is 2.34. The van der Waals surface area contributed by atoms with Crippen LogP contribution in [0.4, 0.5) is 5.69 Å². The second-order valence-electron chi connectivity index (χ2n) is 4.51. The van der Waals surface area contributed by atoms with E-state index in [1.165, 1.54) is 0 Å². The summed E-state index contributed by atoms with van der Waals surface area (Å²) in [5.74, 6) is 0.0319. The Hall–Kier alpha value is -1.51. The zero-order chi connectivity index (χ0) is 12.8. The van der Waals surface area contributed by atoms with Gasteiger partial charge in [-0.15, -0.1) is 0 Å². The fourth-order valence-corrected chi connectivity index (χ4v) is 1.81. The highest BCUT2D eigenvalue weighted by Gasteiger charge is 2.18. The minimum absolute atomic E-state index is 0.125. The number of rotatable bonds is 5. The highest BCUT2D eigenvalue weighted by Crippen LogP contribution is 2.19. The normalized spacial score (nSPS) is 12.2. The molecule has 94 valence electrons. The van der Waals surface area contributed by atoms with Gasteiger partial charge in [-0.2, -0.15) is 0 Å². The predicted octanol–water partition coefficient (Wildman–Crippen LogP) is 2.63. The van der Waals surface area contributed by atoms with Crippen molar-refractivity contribution < 1.29 is 4.79 Å². The van der Waals surface area contributed by atoms with Crippen LogP contribution in [0.2, 0.25) is 0 Å². The number of carbonyl (C=O) groups excluding carboxylic acids is 1. The molecule has 0 aromatic heterocycles. The van der Waals surface area contributed by atoms with E-state index in [0.29, 0.717) is 5.69 Å². The summed E-state index contributed by atoms with van der Waals surface area (Å²) in [6, 6.07) is 7.55. The molecular weight excluding hydrogens is 212 g/mol. The highest BCUT2D eigenvalue weighted by atomic mass is 16.2. The summed E-state index contributed by atoms with van der Waals surface area (Å²) in [4.78, 5) is 13.9. The van der Waals surface area contributed by atoms with Crippen LogP contribution in [0.5, 0.6) is 0 Å². The second-order valence-corrected chi connectivity index (χ2v) is 4.51. The molecule has 0 aliphatic heterocycles. The van der Waals surface area contributed by atoms with E-state index < -0.39 is 0 Å².